The first-order chi connectivity index (χ1) is 4.06. The topological polar surface area (TPSA) is 36.3 Å². The largest absolute Gasteiger partial charge is 0.377 e. The third-order valence-electron chi connectivity index (χ3n) is 0.540. The van der Waals surface area contributed by atoms with Crippen LogP contribution in [0.5, 0.6) is 0 Å². The molecule has 0 atom stereocenters. The zero-order valence-electron chi connectivity index (χ0n) is 6.27. The monoisotopic (exact) mass is 127 g/mol. The first-order valence-corrected chi connectivity index (χ1v) is 3.05. The molecule has 0 aromatic heterocycles. The average Bonchev–Trinajstić information content (AvgIpc) is 2.45. The van der Waals surface area contributed by atoms with Gasteiger partial charge in [0.2, 0.25) is 0 Å². The summed E-state index contributed by atoms with van der Waals surface area (Å²) in [5.41, 5.74) is -0.153. The summed E-state index contributed by atoms with van der Waals surface area (Å²) >= 11 is 0. The molecule has 0 aromatic carbocycles. The summed E-state index contributed by atoms with van der Waals surface area (Å²) in [7, 11) is 0. The molecule has 52 valence electrons. The van der Waals surface area contributed by atoms with E-state index in [9.17, 15) is 0 Å². The summed E-state index contributed by atoms with van der Waals surface area (Å²) < 4.78 is 4.50. The molecule has 0 amide bonds. The van der Waals surface area contributed by atoms with Gasteiger partial charge in [0.1, 0.15) is 0 Å². The molecular formula is C7H13NO. The average molecular weight is 127 g/mol. The van der Waals surface area contributed by atoms with Gasteiger partial charge in [0.15, 0.2) is 0 Å². The van der Waals surface area contributed by atoms with Crippen molar-refractivity contribution < 1.29 is 4.74 Å². The van der Waals surface area contributed by atoms with Crippen LogP contribution in [-0.4, -0.2) is 13.2 Å². The molecule has 1 heterocycles. The van der Waals surface area contributed by atoms with Gasteiger partial charge < -0.3 is 4.74 Å². The maximum absolute atomic E-state index is 8.15. The third-order valence-corrected chi connectivity index (χ3v) is 0.540. The molecule has 0 radical (unpaired) electrons. The van der Waals surface area contributed by atoms with Crippen LogP contribution in [0.25, 0.3) is 0 Å². The van der Waals surface area contributed by atoms with Gasteiger partial charge in [-0.15, -0.1) is 0 Å². The molecule has 1 aliphatic heterocycles. The molecule has 0 saturated carbocycles. The molecule has 0 bridgehead atoms. The molecule has 0 spiro atoms. The van der Waals surface area contributed by atoms with Gasteiger partial charge >= 0.3 is 0 Å². The molecule has 1 saturated heterocycles. The number of hydrogen-bond acceptors (Lipinski definition) is 2. The molecule has 2 heteroatoms. The minimum atomic E-state index is -0.153. The van der Waals surface area contributed by atoms with Gasteiger partial charge in [-0.25, -0.2) is 0 Å². The number of hydrogen-bond donors (Lipinski definition) is 0. The predicted octanol–water partition coefficient (Wildman–Crippen LogP) is 1.57. The van der Waals surface area contributed by atoms with Gasteiger partial charge in [-0.05, 0) is 20.8 Å². The summed E-state index contributed by atoms with van der Waals surface area (Å²) in [5.74, 6) is 0. The second-order valence-electron chi connectivity index (χ2n) is 2.97. The Hall–Kier alpha value is -0.550. The Morgan fingerprint density at radius 1 is 1.33 bits per heavy atom. The van der Waals surface area contributed by atoms with Gasteiger partial charge in [0.25, 0.3) is 0 Å². The summed E-state index contributed by atoms with van der Waals surface area (Å²) in [4.78, 5) is 0. The highest BCUT2D eigenvalue weighted by atomic mass is 16.6. The molecule has 2 nitrogen and oxygen atoms in total. The van der Waals surface area contributed by atoms with Crippen molar-refractivity contribution in [1.29, 1.82) is 5.26 Å². The van der Waals surface area contributed by atoms with Crippen LogP contribution in [0.1, 0.15) is 20.8 Å². The van der Waals surface area contributed by atoms with E-state index in [1.807, 2.05) is 20.8 Å². The lowest BCUT2D eigenvalue weighted by Gasteiger charge is -2.01. The molecule has 0 unspecified atom stereocenters. The van der Waals surface area contributed by atoms with E-state index in [0.717, 1.165) is 13.2 Å². The van der Waals surface area contributed by atoms with E-state index in [4.69, 9.17) is 5.26 Å². The Bertz CT molecular complexity index is 102. The van der Waals surface area contributed by atoms with Crippen LogP contribution in [0.15, 0.2) is 0 Å². The Labute approximate surface area is 56.4 Å². The van der Waals surface area contributed by atoms with E-state index in [2.05, 4.69) is 10.8 Å². The minimum absolute atomic E-state index is 0.153. The number of ether oxygens (including phenoxy) is 1. The molecular weight excluding hydrogens is 114 g/mol. The van der Waals surface area contributed by atoms with Crippen LogP contribution >= 0.6 is 0 Å². The number of epoxide rings is 1. The molecule has 1 aliphatic rings. The first-order valence-electron chi connectivity index (χ1n) is 3.05. The van der Waals surface area contributed by atoms with Crippen LogP contribution in [0.4, 0.5) is 0 Å². The Morgan fingerprint density at radius 3 is 1.56 bits per heavy atom. The van der Waals surface area contributed by atoms with E-state index < -0.39 is 0 Å². The quantitative estimate of drug-likeness (QED) is 0.463. The fraction of sp³-hybridized carbons (Fsp3) is 0.857. The lowest BCUT2D eigenvalue weighted by atomic mass is 10.0. The highest BCUT2D eigenvalue weighted by Crippen LogP contribution is 2.08. The first kappa shape index (κ1) is 8.45. The fourth-order valence-corrected chi connectivity index (χ4v) is 0. The van der Waals surface area contributed by atoms with Gasteiger partial charge in [0, 0.05) is 5.41 Å². The van der Waals surface area contributed by atoms with Crippen LogP contribution in [-0.2, 0) is 4.74 Å². The minimum Gasteiger partial charge on any atom is -0.377 e. The van der Waals surface area contributed by atoms with Crippen molar-refractivity contribution in [2.45, 2.75) is 20.8 Å². The Kier molecular flexibility index (Phi) is 3.26. The highest BCUT2D eigenvalue weighted by Gasteiger charge is 2.04. The standard InChI is InChI=1S/C5H9N.C2H4O/c1-5(2,3)4-6;1-2-3-1/h1-3H3;1-2H2. The van der Waals surface area contributed by atoms with E-state index in [-0.39, 0.29) is 5.41 Å². The SMILES string of the molecule is C1CO1.CC(C)(C)C#N. The van der Waals surface area contributed by atoms with Crippen LogP contribution in [0.3, 0.4) is 0 Å². The maximum atomic E-state index is 8.15. The normalized spacial score (nSPS) is 14.9. The predicted molar refractivity (Wildman–Crippen MR) is 35.9 cm³/mol. The van der Waals surface area contributed by atoms with Crippen molar-refractivity contribution in [3.05, 3.63) is 0 Å². The van der Waals surface area contributed by atoms with Gasteiger partial charge in [0.05, 0.1) is 19.3 Å². The van der Waals surface area contributed by atoms with Gasteiger partial charge in [-0.2, -0.15) is 5.26 Å². The lowest BCUT2D eigenvalue weighted by molar-refractivity contribution is 0.475. The molecule has 9 heavy (non-hydrogen) atoms. The highest BCUT2D eigenvalue weighted by molar-refractivity contribution is 4.86. The molecule has 0 aliphatic carbocycles. The number of nitrogens with zero attached hydrogens (tertiary/aromatic N) is 1. The van der Waals surface area contributed by atoms with E-state index in [0.29, 0.717) is 0 Å². The Morgan fingerprint density at radius 2 is 1.56 bits per heavy atom. The lowest BCUT2D eigenvalue weighted by Crippen LogP contribution is -1.97. The summed E-state index contributed by atoms with van der Waals surface area (Å²) in [6, 6.07) is 2.10. The van der Waals surface area contributed by atoms with E-state index in [1.54, 1.807) is 0 Å². The zero-order valence-corrected chi connectivity index (χ0v) is 6.27. The number of nitriles is 1. The Balaban J connectivity index is 0.000000173. The summed E-state index contributed by atoms with van der Waals surface area (Å²) in [6.45, 7) is 7.65. The molecule has 1 rings (SSSR count). The van der Waals surface area contributed by atoms with Crippen molar-refractivity contribution in [3.8, 4) is 6.07 Å². The molecule has 1 fully saturated rings. The second kappa shape index (κ2) is 3.47. The van der Waals surface area contributed by atoms with Gasteiger partial charge in [-0.3, -0.25) is 0 Å². The van der Waals surface area contributed by atoms with Crippen molar-refractivity contribution in [2.24, 2.45) is 5.41 Å². The smallest absolute Gasteiger partial charge is 0.0701 e. The molecule has 0 aromatic rings. The zero-order chi connectivity index (χ0) is 7.33. The van der Waals surface area contributed by atoms with Crippen LogP contribution < -0.4 is 0 Å². The van der Waals surface area contributed by atoms with Crippen molar-refractivity contribution in [1.82, 2.24) is 0 Å². The maximum Gasteiger partial charge on any atom is 0.0701 e. The summed E-state index contributed by atoms with van der Waals surface area (Å²) in [6.07, 6.45) is 0. The second-order valence-corrected chi connectivity index (χ2v) is 2.97. The van der Waals surface area contributed by atoms with Crippen molar-refractivity contribution >= 4 is 0 Å². The van der Waals surface area contributed by atoms with Crippen LogP contribution in [0, 0.1) is 16.7 Å². The van der Waals surface area contributed by atoms with Crippen LogP contribution in [0.2, 0.25) is 0 Å². The number of rotatable bonds is 0. The van der Waals surface area contributed by atoms with E-state index >= 15 is 0 Å². The third kappa shape index (κ3) is 18.6. The fourth-order valence-electron chi connectivity index (χ4n) is 0. The van der Waals surface area contributed by atoms with Gasteiger partial charge in [-0.1, -0.05) is 0 Å². The summed E-state index contributed by atoms with van der Waals surface area (Å²) in [5, 5.41) is 8.15. The molecule has 0 N–H and O–H groups in total. The van der Waals surface area contributed by atoms with Crippen molar-refractivity contribution in [3.63, 3.8) is 0 Å². The van der Waals surface area contributed by atoms with Crippen molar-refractivity contribution in [2.75, 3.05) is 13.2 Å². The van der Waals surface area contributed by atoms with E-state index in [1.165, 1.54) is 0 Å².